The van der Waals surface area contributed by atoms with E-state index in [0.717, 1.165) is 11.3 Å². The zero-order chi connectivity index (χ0) is 19.2. The number of hydrogen-bond donors (Lipinski definition) is 2. The van der Waals surface area contributed by atoms with Crippen LogP contribution in [0.15, 0.2) is 54.6 Å². The SMILES string of the molecule is COc1ccc(CNC(=O)c2cc(Nc3ccc(F)cc3)nc(C)n2)cc1. The molecule has 0 aliphatic heterocycles. The van der Waals surface area contributed by atoms with Crippen LogP contribution in [-0.2, 0) is 6.54 Å². The highest BCUT2D eigenvalue weighted by molar-refractivity contribution is 5.93. The predicted molar refractivity (Wildman–Crippen MR) is 101 cm³/mol. The first-order valence-electron chi connectivity index (χ1n) is 8.33. The van der Waals surface area contributed by atoms with Crippen LogP contribution in [0.3, 0.4) is 0 Å². The predicted octanol–water partition coefficient (Wildman–Crippen LogP) is 3.61. The van der Waals surface area contributed by atoms with Crippen LogP contribution in [0.4, 0.5) is 15.9 Å². The summed E-state index contributed by atoms with van der Waals surface area (Å²) in [4.78, 5) is 20.9. The zero-order valence-electron chi connectivity index (χ0n) is 15.0. The molecule has 7 heteroatoms. The highest BCUT2D eigenvalue weighted by Crippen LogP contribution is 2.16. The Morgan fingerprint density at radius 1 is 1.07 bits per heavy atom. The van der Waals surface area contributed by atoms with Gasteiger partial charge in [-0.1, -0.05) is 12.1 Å². The molecule has 0 fully saturated rings. The molecule has 138 valence electrons. The van der Waals surface area contributed by atoms with Crippen LogP contribution in [0.1, 0.15) is 21.9 Å². The van der Waals surface area contributed by atoms with Gasteiger partial charge in [0.25, 0.3) is 5.91 Å². The van der Waals surface area contributed by atoms with Gasteiger partial charge in [0.15, 0.2) is 0 Å². The van der Waals surface area contributed by atoms with Crippen molar-refractivity contribution in [1.29, 1.82) is 0 Å². The Morgan fingerprint density at radius 3 is 2.44 bits per heavy atom. The summed E-state index contributed by atoms with van der Waals surface area (Å²) in [6.07, 6.45) is 0. The maximum absolute atomic E-state index is 13.0. The van der Waals surface area contributed by atoms with E-state index in [1.165, 1.54) is 12.1 Å². The summed E-state index contributed by atoms with van der Waals surface area (Å²) in [5.41, 5.74) is 1.86. The summed E-state index contributed by atoms with van der Waals surface area (Å²) in [6, 6.07) is 14.9. The van der Waals surface area contributed by atoms with Crippen LogP contribution in [0.2, 0.25) is 0 Å². The van der Waals surface area contributed by atoms with Crippen molar-refractivity contribution in [3.63, 3.8) is 0 Å². The topological polar surface area (TPSA) is 76.1 Å². The van der Waals surface area contributed by atoms with E-state index in [1.54, 1.807) is 32.2 Å². The highest BCUT2D eigenvalue weighted by Gasteiger charge is 2.11. The molecule has 0 bridgehead atoms. The molecular formula is C20H19FN4O2. The molecule has 2 aromatic carbocycles. The lowest BCUT2D eigenvalue weighted by molar-refractivity contribution is 0.0945. The van der Waals surface area contributed by atoms with E-state index in [1.807, 2.05) is 24.3 Å². The van der Waals surface area contributed by atoms with Crippen LogP contribution in [-0.4, -0.2) is 23.0 Å². The van der Waals surface area contributed by atoms with Crippen LogP contribution in [0.5, 0.6) is 5.75 Å². The number of carbonyl (C=O) groups excluding carboxylic acids is 1. The van der Waals surface area contributed by atoms with Crippen molar-refractivity contribution in [1.82, 2.24) is 15.3 Å². The quantitative estimate of drug-likeness (QED) is 0.697. The second-order valence-electron chi connectivity index (χ2n) is 5.85. The number of aryl methyl sites for hydroxylation is 1. The van der Waals surface area contributed by atoms with E-state index < -0.39 is 0 Å². The Bertz CT molecular complexity index is 928. The molecule has 1 amide bonds. The number of methoxy groups -OCH3 is 1. The largest absolute Gasteiger partial charge is 0.497 e. The van der Waals surface area contributed by atoms with Crippen molar-refractivity contribution in [2.24, 2.45) is 0 Å². The van der Waals surface area contributed by atoms with Gasteiger partial charge in [0.05, 0.1) is 7.11 Å². The number of nitrogens with zero attached hydrogens (tertiary/aromatic N) is 2. The summed E-state index contributed by atoms with van der Waals surface area (Å²) in [7, 11) is 1.60. The minimum Gasteiger partial charge on any atom is -0.497 e. The molecule has 6 nitrogen and oxygen atoms in total. The molecule has 1 aromatic heterocycles. The Hall–Kier alpha value is -3.48. The molecule has 0 atom stereocenters. The number of carbonyl (C=O) groups is 1. The standard InChI is InChI=1S/C20H19FN4O2/c1-13-23-18(11-19(24-13)25-16-7-5-15(21)6-8-16)20(26)22-12-14-3-9-17(27-2)10-4-14/h3-11H,12H2,1-2H3,(H,22,26)(H,23,24,25). The summed E-state index contributed by atoms with van der Waals surface area (Å²) in [5, 5.41) is 5.87. The lowest BCUT2D eigenvalue weighted by Gasteiger charge is -2.09. The number of ether oxygens (including phenoxy) is 1. The normalized spacial score (nSPS) is 10.3. The molecular weight excluding hydrogens is 347 g/mol. The molecule has 27 heavy (non-hydrogen) atoms. The fourth-order valence-corrected chi connectivity index (χ4v) is 2.45. The fraction of sp³-hybridized carbons (Fsp3) is 0.150. The smallest absolute Gasteiger partial charge is 0.270 e. The van der Waals surface area contributed by atoms with E-state index in [0.29, 0.717) is 23.9 Å². The number of aromatic nitrogens is 2. The molecule has 0 radical (unpaired) electrons. The third-order valence-corrected chi connectivity index (χ3v) is 3.80. The minimum absolute atomic E-state index is 0.251. The number of benzene rings is 2. The monoisotopic (exact) mass is 366 g/mol. The van der Waals surface area contributed by atoms with E-state index in [4.69, 9.17) is 4.74 Å². The Kier molecular flexibility index (Phi) is 5.61. The molecule has 0 aliphatic rings. The number of nitrogens with one attached hydrogen (secondary N) is 2. The number of hydrogen-bond acceptors (Lipinski definition) is 5. The van der Waals surface area contributed by atoms with Gasteiger partial charge in [-0.2, -0.15) is 0 Å². The molecule has 0 saturated carbocycles. The summed E-state index contributed by atoms with van der Waals surface area (Å²) in [5.74, 6) is 1.05. The van der Waals surface area contributed by atoms with E-state index >= 15 is 0 Å². The van der Waals surface area contributed by atoms with Gasteiger partial charge in [-0.3, -0.25) is 4.79 Å². The fourth-order valence-electron chi connectivity index (χ4n) is 2.45. The average molecular weight is 366 g/mol. The summed E-state index contributed by atoms with van der Waals surface area (Å²) in [6.45, 7) is 2.07. The van der Waals surface area contributed by atoms with Gasteiger partial charge in [0.2, 0.25) is 0 Å². The van der Waals surface area contributed by atoms with E-state index in [2.05, 4.69) is 20.6 Å². The first kappa shape index (κ1) is 18.3. The molecule has 1 heterocycles. The molecule has 0 spiro atoms. The molecule has 2 N–H and O–H groups in total. The summed E-state index contributed by atoms with van der Waals surface area (Å²) < 4.78 is 18.1. The first-order valence-corrected chi connectivity index (χ1v) is 8.33. The summed E-state index contributed by atoms with van der Waals surface area (Å²) >= 11 is 0. The van der Waals surface area contributed by atoms with Gasteiger partial charge >= 0.3 is 0 Å². The average Bonchev–Trinajstić information content (AvgIpc) is 2.68. The van der Waals surface area contributed by atoms with Crippen molar-refractivity contribution < 1.29 is 13.9 Å². The second-order valence-corrected chi connectivity index (χ2v) is 5.85. The zero-order valence-corrected chi connectivity index (χ0v) is 15.0. The second kappa shape index (κ2) is 8.27. The van der Waals surface area contributed by atoms with Crippen LogP contribution < -0.4 is 15.4 Å². The van der Waals surface area contributed by atoms with Gasteiger partial charge in [-0.15, -0.1) is 0 Å². The van der Waals surface area contributed by atoms with Gasteiger partial charge in [-0.05, 0) is 48.9 Å². The van der Waals surface area contributed by atoms with E-state index in [-0.39, 0.29) is 17.4 Å². The Morgan fingerprint density at radius 2 is 1.78 bits per heavy atom. The van der Waals surface area contributed by atoms with Crippen LogP contribution in [0.25, 0.3) is 0 Å². The number of amides is 1. The van der Waals surface area contributed by atoms with Crippen molar-refractivity contribution in [3.8, 4) is 5.75 Å². The maximum atomic E-state index is 13.0. The third kappa shape index (κ3) is 5.01. The van der Waals surface area contributed by atoms with E-state index in [9.17, 15) is 9.18 Å². The van der Waals surface area contributed by atoms with Crippen LogP contribution in [0, 0.1) is 12.7 Å². The van der Waals surface area contributed by atoms with Gasteiger partial charge in [-0.25, -0.2) is 14.4 Å². The first-order chi connectivity index (χ1) is 13.0. The Labute approximate surface area is 156 Å². The number of anilines is 2. The lowest BCUT2D eigenvalue weighted by atomic mass is 10.2. The van der Waals surface area contributed by atoms with Gasteiger partial charge < -0.3 is 15.4 Å². The lowest BCUT2D eigenvalue weighted by Crippen LogP contribution is -2.24. The van der Waals surface area contributed by atoms with Crippen LogP contribution >= 0.6 is 0 Å². The van der Waals surface area contributed by atoms with Gasteiger partial charge in [0, 0.05) is 18.3 Å². The Balaban J connectivity index is 1.68. The molecule has 3 rings (SSSR count). The highest BCUT2D eigenvalue weighted by atomic mass is 19.1. The number of halogens is 1. The number of rotatable bonds is 6. The van der Waals surface area contributed by atoms with Crippen molar-refractivity contribution in [3.05, 3.63) is 77.5 Å². The maximum Gasteiger partial charge on any atom is 0.270 e. The molecule has 0 unspecified atom stereocenters. The van der Waals surface area contributed by atoms with Crippen molar-refractivity contribution in [2.75, 3.05) is 12.4 Å². The van der Waals surface area contributed by atoms with Crippen molar-refractivity contribution >= 4 is 17.4 Å². The molecule has 3 aromatic rings. The van der Waals surface area contributed by atoms with Gasteiger partial charge in [0.1, 0.15) is 28.9 Å². The molecule has 0 aliphatic carbocycles. The molecule has 0 saturated heterocycles. The third-order valence-electron chi connectivity index (χ3n) is 3.80. The van der Waals surface area contributed by atoms with Crippen molar-refractivity contribution in [2.45, 2.75) is 13.5 Å². The minimum atomic E-state index is -0.321.